The standard InChI is InChI=1S/C27H22F2/c1-17-12-24(15-26(28)13-17)22-8-4-20(5-9-22)21-6-10-23(11-7-21)25-14-18(2)19(3)27(29)16-25/h4-16H,1-3H3. The van der Waals surface area contributed by atoms with Gasteiger partial charge in [-0.25, -0.2) is 8.78 Å². The van der Waals surface area contributed by atoms with Crippen molar-refractivity contribution < 1.29 is 8.78 Å². The molecule has 0 fully saturated rings. The summed E-state index contributed by atoms with van der Waals surface area (Å²) in [5.74, 6) is -0.394. The van der Waals surface area contributed by atoms with Gasteiger partial charge in [0.2, 0.25) is 0 Å². The van der Waals surface area contributed by atoms with Crippen LogP contribution in [0.3, 0.4) is 0 Å². The molecule has 0 amide bonds. The summed E-state index contributed by atoms with van der Waals surface area (Å²) in [6.07, 6.45) is 0. The van der Waals surface area contributed by atoms with Crippen molar-refractivity contribution in [3.05, 3.63) is 107 Å². The Kier molecular flexibility index (Phi) is 5.02. The molecule has 0 unspecified atom stereocenters. The van der Waals surface area contributed by atoms with Crippen LogP contribution in [0.25, 0.3) is 33.4 Å². The van der Waals surface area contributed by atoms with Gasteiger partial charge in [-0.2, -0.15) is 0 Å². The zero-order valence-electron chi connectivity index (χ0n) is 16.8. The third-order valence-corrected chi connectivity index (χ3v) is 5.42. The van der Waals surface area contributed by atoms with E-state index in [1.54, 1.807) is 19.1 Å². The lowest BCUT2D eigenvalue weighted by Crippen LogP contribution is -1.89. The van der Waals surface area contributed by atoms with Crippen molar-refractivity contribution in [2.45, 2.75) is 20.8 Å². The average Bonchev–Trinajstić information content (AvgIpc) is 2.71. The van der Waals surface area contributed by atoms with Gasteiger partial charge in [0.15, 0.2) is 0 Å². The van der Waals surface area contributed by atoms with E-state index in [1.165, 1.54) is 6.07 Å². The Morgan fingerprint density at radius 3 is 1.38 bits per heavy atom. The third kappa shape index (κ3) is 3.97. The highest BCUT2D eigenvalue weighted by Gasteiger charge is 2.07. The predicted molar refractivity (Wildman–Crippen MR) is 117 cm³/mol. The van der Waals surface area contributed by atoms with Gasteiger partial charge in [-0.3, -0.25) is 0 Å². The number of hydrogen-bond donors (Lipinski definition) is 0. The molecule has 0 nitrogen and oxygen atoms in total. The van der Waals surface area contributed by atoms with E-state index in [9.17, 15) is 8.78 Å². The van der Waals surface area contributed by atoms with Crippen LogP contribution in [0.4, 0.5) is 8.78 Å². The topological polar surface area (TPSA) is 0 Å². The average molecular weight is 384 g/mol. The van der Waals surface area contributed by atoms with Crippen LogP contribution < -0.4 is 0 Å². The minimum Gasteiger partial charge on any atom is -0.207 e. The highest BCUT2D eigenvalue weighted by molar-refractivity contribution is 5.73. The summed E-state index contributed by atoms with van der Waals surface area (Å²) >= 11 is 0. The molecule has 0 saturated heterocycles. The third-order valence-electron chi connectivity index (χ3n) is 5.42. The molecule has 0 bridgehead atoms. The summed E-state index contributed by atoms with van der Waals surface area (Å²) in [5.41, 5.74) is 8.45. The molecule has 29 heavy (non-hydrogen) atoms. The number of benzene rings is 4. The first-order valence-corrected chi connectivity index (χ1v) is 9.66. The van der Waals surface area contributed by atoms with Crippen molar-refractivity contribution in [1.29, 1.82) is 0 Å². The van der Waals surface area contributed by atoms with Crippen molar-refractivity contribution >= 4 is 0 Å². The summed E-state index contributed by atoms with van der Waals surface area (Å²) < 4.78 is 27.8. The van der Waals surface area contributed by atoms with Gasteiger partial charge in [0, 0.05) is 0 Å². The highest BCUT2D eigenvalue weighted by Crippen LogP contribution is 2.29. The first-order valence-electron chi connectivity index (χ1n) is 9.66. The summed E-state index contributed by atoms with van der Waals surface area (Å²) in [6, 6.07) is 24.9. The minimum atomic E-state index is -0.220. The lowest BCUT2D eigenvalue weighted by molar-refractivity contribution is 0.617. The SMILES string of the molecule is Cc1cc(F)cc(-c2ccc(-c3ccc(-c4cc(C)c(C)c(F)c4)cc3)cc2)c1. The second kappa shape index (κ2) is 7.63. The van der Waals surface area contributed by atoms with Crippen LogP contribution in [0, 0.1) is 32.4 Å². The monoisotopic (exact) mass is 384 g/mol. The molecule has 0 radical (unpaired) electrons. The molecule has 0 aliphatic carbocycles. The fourth-order valence-corrected chi connectivity index (χ4v) is 3.60. The molecule has 4 aromatic rings. The zero-order chi connectivity index (χ0) is 20.5. The van der Waals surface area contributed by atoms with Crippen molar-refractivity contribution in [3.63, 3.8) is 0 Å². The van der Waals surface area contributed by atoms with E-state index in [1.807, 2.05) is 74.5 Å². The van der Waals surface area contributed by atoms with Gasteiger partial charge in [0.1, 0.15) is 11.6 Å². The molecule has 0 spiro atoms. The van der Waals surface area contributed by atoms with Gasteiger partial charge in [0.05, 0.1) is 0 Å². The van der Waals surface area contributed by atoms with E-state index < -0.39 is 0 Å². The second-order valence-electron chi connectivity index (χ2n) is 7.57. The van der Waals surface area contributed by atoms with E-state index in [2.05, 4.69) is 0 Å². The van der Waals surface area contributed by atoms with E-state index in [0.29, 0.717) is 5.56 Å². The van der Waals surface area contributed by atoms with Crippen molar-refractivity contribution in [3.8, 4) is 33.4 Å². The molecule has 0 aromatic heterocycles. The van der Waals surface area contributed by atoms with Gasteiger partial charge in [0.25, 0.3) is 0 Å². The Balaban J connectivity index is 1.61. The largest absolute Gasteiger partial charge is 0.207 e. The smallest absolute Gasteiger partial charge is 0.126 e. The maximum Gasteiger partial charge on any atom is 0.126 e. The van der Waals surface area contributed by atoms with Crippen LogP contribution >= 0.6 is 0 Å². The van der Waals surface area contributed by atoms with Crippen LogP contribution in [-0.2, 0) is 0 Å². The lowest BCUT2D eigenvalue weighted by atomic mass is 9.96. The van der Waals surface area contributed by atoms with Crippen LogP contribution in [0.15, 0.2) is 78.9 Å². The molecule has 4 rings (SSSR count). The van der Waals surface area contributed by atoms with Crippen molar-refractivity contribution in [2.24, 2.45) is 0 Å². The predicted octanol–water partition coefficient (Wildman–Crippen LogP) is 7.89. The number of rotatable bonds is 3. The van der Waals surface area contributed by atoms with Crippen molar-refractivity contribution in [2.75, 3.05) is 0 Å². The van der Waals surface area contributed by atoms with Gasteiger partial charge < -0.3 is 0 Å². The van der Waals surface area contributed by atoms with Gasteiger partial charge in [-0.15, -0.1) is 0 Å². The van der Waals surface area contributed by atoms with E-state index in [-0.39, 0.29) is 11.6 Å². The summed E-state index contributed by atoms with van der Waals surface area (Å²) in [6.45, 7) is 5.62. The Morgan fingerprint density at radius 1 is 0.483 bits per heavy atom. The van der Waals surface area contributed by atoms with Gasteiger partial charge in [-0.1, -0.05) is 60.7 Å². The maximum atomic E-state index is 14.1. The molecule has 2 heteroatoms. The zero-order valence-corrected chi connectivity index (χ0v) is 16.8. The Hall–Kier alpha value is -3.26. The molecule has 0 aliphatic rings. The molecule has 0 atom stereocenters. The fraction of sp³-hybridized carbons (Fsp3) is 0.111. The summed E-state index contributed by atoms with van der Waals surface area (Å²) in [5, 5.41) is 0. The van der Waals surface area contributed by atoms with Gasteiger partial charge in [-0.05, 0) is 89.0 Å². The number of hydrogen-bond acceptors (Lipinski definition) is 0. The van der Waals surface area contributed by atoms with E-state index in [4.69, 9.17) is 0 Å². The lowest BCUT2D eigenvalue weighted by Gasteiger charge is -2.09. The fourth-order valence-electron chi connectivity index (χ4n) is 3.60. The van der Waals surface area contributed by atoms with E-state index >= 15 is 0 Å². The quantitative estimate of drug-likeness (QED) is 0.337. The first-order chi connectivity index (χ1) is 13.9. The van der Waals surface area contributed by atoms with Crippen LogP contribution in [0.2, 0.25) is 0 Å². The number of aryl methyl sites for hydroxylation is 2. The molecule has 0 aliphatic heterocycles. The van der Waals surface area contributed by atoms with Crippen LogP contribution in [0.5, 0.6) is 0 Å². The molecular formula is C27H22F2. The Labute approximate surface area is 170 Å². The van der Waals surface area contributed by atoms with Crippen LogP contribution in [-0.4, -0.2) is 0 Å². The molecular weight excluding hydrogens is 362 g/mol. The molecule has 0 saturated carbocycles. The maximum absolute atomic E-state index is 14.1. The van der Waals surface area contributed by atoms with E-state index in [0.717, 1.165) is 44.5 Å². The Morgan fingerprint density at radius 2 is 0.931 bits per heavy atom. The summed E-state index contributed by atoms with van der Waals surface area (Å²) in [4.78, 5) is 0. The number of halogens is 2. The molecule has 0 N–H and O–H groups in total. The molecule has 144 valence electrons. The Bertz CT molecular complexity index is 1130. The van der Waals surface area contributed by atoms with Crippen LogP contribution in [0.1, 0.15) is 16.7 Å². The minimum absolute atomic E-state index is 0.174. The molecule has 0 heterocycles. The summed E-state index contributed by atoms with van der Waals surface area (Å²) in [7, 11) is 0. The second-order valence-corrected chi connectivity index (χ2v) is 7.57. The first kappa shape index (κ1) is 19.1. The molecule has 4 aromatic carbocycles. The van der Waals surface area contributed by atoms with Crippen molar-refractivity contribution in [1.82, 2.24) is 0 Å². The normalized spacial score (nSPS) is 10.9. The highest BCUT2D eigenvalue weighted by atomic mass is 19.1. The van der Waals surface area contributed by atoms with Gasteiger partial charge >= 0.3 is 0 Å².